The molecule has 1 aromatic heterocycles. The van der Waals surface area contributed by atoms with Crippen LogP contribution in [0, 0.1) is 13.8 Å². The number of sulfonamides is 1. The lowest BCUT2D eigenvalue weighted by atomic mass is 10.2. The predicted molar refractivity (Wildman–Crippen MR) is 83.7 cm³/mol. The van der Waals surface area contributed by atoms with E-state index in [-0.39, 0.29) is 10.9 Å². The first-order valence-electron chi connectivity index (χ1n) is 6.58. The molecule has 7 heteroatoms. The van der Waals surface area contributed by atoms with Crippen LogP contribution in [0.3, 0.4) is 0 Å². The van der Waals surface area contributed by atoms with Crippen LogP contribution >= 0.6 is 11.8 Å². The Balaban J connectivity index is 3.03. The van der Waals surface area contributed by atoms with Crippen molar-refractivity contribution in [1.82, 2.24) is 10.0 Å². The molecule has 0 aliphatic carbocycles. The van der Waals surface area contributed by atoms with Gasteiger partial charge in [-0.2, -0.15) is 11.8 Å². The van der Waals surface area contributed by atoms with E-state index in [1.807, 2.05) is 13.2 Å². The summed E-state index contributed by atoms with van der Waals surface area (Å²) in [5, 5.41) is 2.98. The molecule has 0 saturated heterocycles. The van der Waals surface area contributed by atoms with E-state index < -0.39 is 10.0 Å². The van der Waals surface area contributed by atoms with E-state index in [9.17, 15) is 8.42 Å². The van der Waals surface area contributed by atoms with Crippen LogP contribution in [0.1, 0.15) is 30.4 Å². The molecule has 0 saturated carbocycles. The molecule has 0 aliphatic rings. The van der Waals surface area contributed by atoms with Crippen molar-refractivity contribution in [1.29, 1.82) is 0 Å². The summed E-state index contributed by atoms with van der Waals surface area (Å²) in [5.74, 6) is 2.02. The lowest BCUT2D eigenvalue weighted by Gasteiger charge is -2.14. The molecule has 0 fully saturated rings. The molecular formula is C13H24N2O3S2. The van der Waals surface area contributed by atoms with Gasteiger partial charge in [0.05, 0.1) is 0 Å². The van der Waals surface area contributed by atoms with Gasteiger partial charge in [-0.1, -0.05) is 0 Å². The van der Waals surface area contributed by atoms with Crippen molar-refractivity contribution in [3.63, 3.8) is 0 Å². The highest BCUT2D eigenvalue weighted by molar-refractivity contribution is 7.98. The number of thioether (sulfide) groups is 1. The lowest BCUT2D eigenvalue weighted by molar-refractivity contribution is 0.492. The third kappa shape index (κ3) is 4.25. The molecule has 20 heavy (non-hydrogen) atoms. The monoisotopic (exact) mass is 320 g/mol. The number of hydrogen-bond acceptors (Lipinski definition) is 5. The molecule has 0 aliphatic heterocycles. The van der Waals surface area contributed by atoms with Crippen LogP contribution in [0.4, 0.5) is 0 Å². The number of aryl methyl sites for hydroxylation is 2. The number of hydrogen-bond donors (Lipinski definition) is 2. The van der Waals surface area contributed by atoms with Crippen molar-refractivity contribution in [2.75, 3.05) is 19.1 Å². The molecule has 0 amide bonds. The second-order valence-electron chi connectivity index (χ2n) is 4.86. The Morgan fingerprint density at radius 1 is 1.30 bits per heavy atom. The third-order valence-electron chi connectivity index (χ3n) is 3.06. The fourth-order valence-corrected chi connectivity index (χ4v) is 4.44. The van der Waals surface area contributed by atoms with E-state index in [2.05, 4.69) is 10.0 Å². The molecule has 1 heterocycles. The maximum Gasteiger partial charge on any atom is 0.244 e. The Labute approximate surface area is 125 Å². The van der Waals surface area contributed by atoms with Gasteiger partial charge in [0.15, 0.2) is 0 Å². The van der Waals surface area contributed by atoms with Gasteiger partial charge < -0.3 is 9.73 Å². The SMILES string of the molecule is CNCc1c(C)oc(C)c1S(=O)(=O)NC(C)CCSC. The first-order valence-corrected chi connectivity index (χ1v) is 9.46. The minimum Gasteiger partial charge on any atom is -0.465 e. The number of rotatable bonds is 8. The Morgan fingerprint density at radius 2 is 1.95 bits per heavy atom. The van der Waals surface area contributed by atoms with Gasteiger partial charge in [-0.05, 0) is 46.2 Å². The highest BCUT2D eigenvalue weighted by atomic mass is 32.2. The molecule has 0 aromatic carbocycles. The Hall–Kier alpha value is -0.500. The smallest absolute Gasteiger partial charge is 0.244 e. The fraction of sp³-hybridized carbons (Fsp3) is 0.692. The Bertz CT molecular complexity index is 538. The first kappa shape index (κ1) is 17.6. The van der Waals surface area contributed by atoms with E-state index >= 15 is 0 Å². The van der Waals surface area contributed by atoms with Gasteiger partial charge in [-0.25, -0.2) is 13.1 Å². The van der Waals surface area contributed by atoms with Crippen molar-refractivity contribution < 1.29 is 12.8 Å². The van der Waals surface area contributed by atoms with Crippen LogP contribution in [0.2, 0.25) is 0 Å². The lowest BCUT2D eigenvalue weighted by Crippen LogP contribution is -2.34. The molecule has 1 atom stereocenters. The van der Waals surface area contributed by atoms with Crippen molar-refractivity contribution in [2.24, 2.45) is 0 Å². The summed E-state index contributed by atoms with van der Waals surface area (Å²) in [6.07, 6.45) is 2.81. The van der Waals surface area contributed by atoms with Crippen LogP contribution in [0.15, 0.2) is 9.31 Å². The van der Waals surface area contributed by atoms with Crippen LogP contribution in [-0.2, 0) is 16.6 Å². The van der Waals surface area contributed by atoms with Crippen LogP contribution in [-0.4, -0.2) is 33.5 Å². The maximum absolute atomic E-state index is 12.5. The van der Waals surface area contributed by atoms with Gasteiger partial charge in [0.2, 0.25) is 10.0 Å². The highest BCUT2D eigenvalue weighted by Gasteiger charge is 2.27. The summed E-state index contributed by atoms with van der Waals surface area (Å²) in [6.45, 7) is 5.83. The van der Waals surface area contributed by atoms with E-state index in [1.165, 1.54) is 0 Å². The van der Waals surface area contributed by atoms with Gasteiger partial charge in [-0.15, -0.1) is 0 Å². The van der Waals surface area contributed by atoms with Gasteiger partial charge in [0.25, 0.3) is 0 Å². The minimum atomic E-state index is -3.55. The summed E-state index contributed by atoms with van der Waals surface area (Å²) in [7, 11) is -1.76. The summed E-state index contributed by atoms with van der Waals surface area (Å²) in [6, 6.07) is -0.0931. The zero-order valence-electron chi connectivity index (χ0n) is 12.7. The van der Waals surface area contributed by atoms with Gasteiger partial charge in [0, 0.05) is 18.2 Å². The summed E-state index contributed by atoms with van der Waals surface area (Å²) < 4.78 is 33.3. The van der Waals surface area contributed by atoms with Gasteiger partial charge in [-0.3, -0.25) is 0 Å². The predicted octanol–water partition coefficient (Wildman–Crippen LogP) is 2.04. The summed E-state index contributed by atoms with van der Waals surface area (Å²) in [5.41, 5.74) is 0.703. The largest absolute Gasteiger partial charge is 0.465 e. The van der Waals surface area contributed by atoms with Crippen LogP contribution in [0.5, 0.6) is 0 Å². The minimum absolute atomic E-state index is 0.0931. The van der Waals surface area contributed by atoms with Gasteiger partial charge in [0.1, 0.15) is 16.4 Å². The first-order chi connectivity index (χ1) is 9.33. The molecule has 2 N–H and O–H groups in total. The Morgan fingerprint density at radius 3 is 2.50 bits per heavy atom. The molecular weight excluding hydrogens is 296 g/mol. The second-order valence-corrected chi connectivity index (χ2v) is 7.49. The number of furan rings is 1. The normalized spacial score (nSPS) is 13.7. The van der Waals surface area contributed by atoms with E-state index in [4.69, 9.17) is 4.42 Å². The maximum atomic E-state index is 12.5. The molecule has 5 nitrogen and oxygen atoms in total. The third-order valence-corrected chi connectivity index (χ3v) is 5.49. The molecule has 1 unspecified atom stereocenters. The average Bonchev–Trinajstić information content (AvgIpc) is 2.62. The molecule has 0 radical (unpaired) electrons. The van der Waals surface area contributed by atoms with Crippen molar-refractivity contribution in [3.8, 4) is 0 Å². The summed E-state index contributed by atoms with van der Waals surface area (Å²) in [4.78, 5) is 0.278. The Kier molecular flexibility index (Phi) is 6.57. The van der Waals surface area contributed by atoms with Crippen LogP contribution in [0.25, 0.3) is 0 Å². The zero-order chi connectivity index (χ0) is 15.3. The summed E-state index contributed by atoms with van der Waals surface area (Å²) >= 11 is 1.71. The molecule has 0 spiro atoms. The number of nitrogens with one attached hydrogen (secondary N) is 2. The van der Waals surface area contributed by atoms with Crippen molar-refractivity contribution in [3.05, 3.63) is 17.1 Å². The molecule has 116 valence electrons. The van der Waals surface area contributed by atoms with E-state index in [1.54, 1.807) is 32.7 Å². The molecule has 1 rings (SSSR count). The zero-order valence-corrected chi connectivity index (χ0v) is 14.4. The van der Waals surface area contributed by atoms with Gasteiger partial charge >= 0.3 is 0 Å². The second kappa shape index (κ2) is 7.49. The van der Waals surface area contributed by atoms with E-state index in [0.29, 0.717) is 23.6 Å². The van der Waals surface area contributed by atoms with Crippen molar-refractivity contribution >= 4 is 21.8 Å². The topological polar surface area (TPSA) is 71.3 Å². The van der Waals surface area contributed by atoms with Crippen LogP contribution < -0.4 is 10.0 Å². The molecule has 1 aromatic rings. The quantitative estimate of drug-likeness (QED) is 0.767. The molecule has 0 bridgehead atoms. The standard InChI is InChI=1S/C13H24N2O3S2/c1-9(6-7-19-5)15-20(16,17)13-11(3)18-10(2)12(13)8-14-4/h9,14-15H,6-8H2,1-5H3. The average molecular weight is 320 g/mol. The van der Waals surface area contributed by atoms with Crippen molar-refractivity contribution in [2.45, 2.75) is 44.7 Å². The van der Waals surface area contributed by atoms with E-state index in [0.717, 1.165) is 12.2 Å². The highest BCUT2D eigenvalue weighted by Crippen LogP contribution is 2.26. The fourth-order valence-electron chi connectivity index (χ4n) is 2.12.